The quantitative estimate of drug-likeness (QED) is 0.165. The topological polar surface area (TPSA) is 187 Å². The molecule has 6 rings (SSSR count). The summed E-state index contributed by atoms with van der Waals surface area (Å²) in [7, 11) is 0. The molecule has 16 heteroatoms. The summed E-state index contributed by atoms with van der Waals surface area (Å²) in [5.41, 5.74) is 4.38. The van der Waals surface area contributed by atoms with E-state index in [2.05, 4.69) is 9.97 Å². The number of nitrogens with one attached hydrogen (secondary N) is 1. The summed E-state index contributed by atoms with van der Waals surface area (Å²) >= 11 is 6.86. The van der Waals surface area contributed by atoms with Gasteiger partial charge in [0.15, 0.2) is 18.8 Å². The van der Waals surface area contributed by atoms with E-state index in [-0.39, 0.29) is 44.5 Å². The summed E-state index contributed by atoms with van der Waals surface area (Å²) in [5.74, 6) is -2.51. The molecule has 2 aromatic carbocycles. The number of benzene rings is 2. The number of amides is 2. The van der Waals surface area contributed by atoms with Crippen molar-refractivity contribution >= 4 is 58.0 Å². The van der Waals surface area contributed by atoms with Crippen molar-refractivity contribution in [2.75, 3.05) is 37.7 Å². The number of aromatic amines is 1. The SMILES string of the molecule is CCc1c[nH]c2ncc(-c3cccc(N4CCN(C(=O)COc5cccc([C@@H]6O[C@H](COC(C)=O)[C@@H](O)[C@H](OC(C)=O)[C@H]6OC(C)=O)c5)CC4=O)c3)c(Cl)c12. The Labute approximate surface area is 321 Å². The highest BCUT2D eigenvalue weighted by Crippen LogP contribution is 2.38. The number of aliphatic hydroxyl groups is 1. The Morgan fingerprint density at radius 2 is 1.75 bits per heavy atom. The summed E-state index contributed by atoms with van der Waals surface area (Å²) < 4.78 is 27.8. The van der Waals surface area contributed by atoms with E-state index in [0.29, 0.717) is 21.9 Å². The first-order valence-electron chi connectivity index (χ1n) is 17.7. The van der Waals surface area contributed by atoms with E-state index < -0.39 is 54.3 Å². The fraction of sp³-hybridized carbons (Fsp3) is 0.385. The molecule has 2 aliphatic heterocycles. The lowest BCUT2D eigenvalue weighted by Crippen LogP contribution is -2.58. The molecule has 0 aliphatic carbocycles. The van der Waals surface area contributed by atoms with Crippen LogP contribution in [0.2, 0.25) is 5.02 Å². The molecule has 0 unspecified atom stereocenters. The summed E-state index contributed by atoms with van der Waals surface area (Å²) in [5, 5.41) is 12.4. The van der Waals surface area contributed by atoms with Gasteiger partial charge in [0.2, 0.25) is 5.91 Å². The minimum absolute atomic E-state index is 0.159. The van der Waals surface area contributed by atoms with Gasteiger partial charge in [-0.15, -0.1) is 0 Å². The summed E-state index contributed by atoms with van der Waals surface area (Å²) in [6, 6.07) is 13.9. The Kier molecular flexibility index (Phi) is 12.0. The molecule has 2 amide bonds. The van der Waals surface area contributed by atoms with Crippen molar-refractivity contribution in [2.24, 2.45) is 0 Å². The maximum atomic E-state index is 13.4. The molecule has 5 atom stereocenters. The van der Waals surface area contributed by atoms with Gasteiger partial charge in [-0.25, -0.2) is 4.98 Å². The van der Waals surface area contributed by atoms with E-state index in [1.165, 1.54) is 11.8 Å². The predicted octanol–water partition coefficient (Wildman–Crippen LogP) is 3.93. The highest BCUT2D eigenvalue weighted by atomic mass is 35.5. The van der Waals surface area contributed by atoms with Crippen LogP contribution in [0, 0.1) is 0 Å². The monoisotopic (exact) mass is 776 g/mol. The number of rotatable bonds is 11. The minimum atomic E-state index is -1.50. The molecule has 4 heterocycles. The molecule has 2 aromatic heterocycles. The maximum Gasteiger partial charge on any atom is 0.303 e. The fourth-order valence-electron chi connectivity index (χ4n) is 6.80. The van der Waals surface area contributed by atoms with Crippen LogP contribution >= 0.6 is 11.6 Å². The Bertz CT molecular complexity index is 2100. The van der Waals surface area contributed by atoms with Crippen molar-refractivity contribution in [2.45, 2.75) is 64.6 Å². The molecular weight excluding hydrogens is 736 g/mol. The first kappa shape index (κ1) is 39.2. The molecule has 4 aromatic rings. The number of piperazine rings is 1. The molecule has 2 fully saturated rings. The number of nitrogens with zero attached hydrogens (tertiary/aromatic N) is 3. The average molecular weight is 777 g/mol. The number of fused-ring (bicyclic) bond motifs is 1. The van der Waals surface area contributed by atoms with E-state index in [1.54, 1.807) is 35.4 Å². The molecule has 0 spiro atoms. The number of hydrogen-bond acceptors (Lipinski definition) is 12. The zero-order valence-electron chi connectivity index (χ0n) is 30.7. The lowest BCUT2D eigenvalue weighted by molar-refractivity contribution is -0.249. The maximum absolute atomic E-state index is 13.4. The molecule has 55 heavy (non-hydrogen) atoms. The Morgan fingerprint density at radius 3 is 2.45 bits per heavy atom. The van der Waals surface area contributed by atoms with Gasteiger partial charge < -0.3 is 43.6 Å². The Hall–Kier alpha value is -5.51. The third-order valence-corrected chi connectivity index (χ3v) is 9.80. The van der Waals surface area contributed by atoms with E-state index in [9.17, 15) is 29.1 Å². The predicted molar refractivity (Wildman–Crippen MR) is 198 cm³/mol. The molecule has 0 saturated carbocycles. The molecule has 290 valence electrons. The Morgan fingerprint density at radius 1 is 1.00 bits per heavy atom. The van der Waals surface area contributed by atoms with Crippen LogP contribution < -0.4 is 9.64 Å². The minimum Gasteiger partial charge on any atom is -0.484 e. The van der Waals surface area contributed by atoms with Gasteiger partial charge in [0.1, 0.15) is 42.9 Å². The van der Waals surface area contributed by atoms with Gasteiger partial charge in [0, 0.05) is 62.9 Å². The van der Waals surface area contributed by atoms with Crippen molar-refractivity contribution in [3.8, 4) is 16.9 Å². The summed E-state index contributed by atoms with van der Waals surface area (Å²) in [6.45, 7) is 5.15. The van der Waals surface area contributed by atoms with Gasteiger partial charge in [0.05, 0.1) is 5.02 Å². The fourth-order valence-corrected chi connectivity index (χ4v) is 7.16. The van der Waals surface area contributed by atoms with Gasteiger partial charge in [-0.05, 0) is 47.4 Å². The first-order chi connectivity index (χ1) is 26.3. The third-order valence-electron chi connectivity index (χ3n) is 9.41. The van der Waals surface area contributed by atoms with Crippen molar-refractivity contribution in [1.82, 2.24) is 14.9 Å². The van der Waals surface area contributed by atoms with Crippen LogP contribution in [0.15, 0.2) is 60.9 Å². The lowest BCUT2D eigenvalue weighted by atomic mass is 9.90. The number of aryl methyl sites for hydroxylation is 1. The number of H-pyrrole nitrogens is 1. The molecule has 2 saturated heterocycles. The van der Waals surface area contributed by atoms with Gasteiger partial charge >= 0.3 is 17.9 Å². The molecular formula is C39H41ClN4O11. The van der Waals surface area contributed by atoms with Crippen molar-refractivity contribution in [3.05, 3.63) is 77.1 Å². The van der Waals surface area contributed by atoms with Crippen LogP contribution in [0.3, 0.4) is 0 Å². The van der Waals surface area contributed by atoms with Crippen LogP contribution in [-0.2, 0) is 49.3 Å². The van der Waals surface area contributed by atoms with Crippen molar-refractivity contribution < 1.29 is 52.8 Å². The van der Waals surface area contributed by atoms with Gasteiger partial charge in [-0.2, -0.15) is 0 Å². The van der Waals surface area contributed by atoms with Gasteiger partial charge in [0.25, 0.3) is 5.91 Å². The average Bonchev–Trinajstić information content (AvgIpc) is 3.59. The number of anilines is 1. The van der Waals surface area contributed by atoms with Crippen LogP contribution in [0.25, 0.3) is 22.2 Å². The zero-order chi connectivity index (χ0) is 39.4. The second-order valence-electron chi connectivity index (χ2n) is 13.2. The largest absolute Gasteiger partial charge is 0.484 e. The lowest BCUT2D eigenvalue weighted by Gasteiger charge is -2.43. The number of pyridine rings is 1. The highest BCUT2D eigenvalue weighted by Gasteiger charge is 2.50. The number of hydrogen-bond donors (Lipinski definition) is 2. The first-order valence-corrected chi connectivity index (χ1v) is 18.1. The number of esters is 3. The molecule has 2 aliphatic rings. The number of carbonyl (C=O) groups is 5. The Balaban J connectivity index is 1.12. The van der Waals surface area contributed by atoms with Crippen LogP contribution in [0.5, 0.6) is 5.75 Å². The van der Waals surface area contributed by atoms with Crippen LogP contribution in [-0.4, -0.2) is 107 Å². The number of ether oxygens (including phenoxy) is 5. The highest BCUT2D eigenvalue weighted by molar-refractivity contribution is 6.38. The normalized spacial score (nSPS) is 21.3. The molecule has 0 bridgehead atoms. The van der Waals surface area contributed by atoms with E-state index in [4.69, 9.17) is 35.3 Å². The van der Waals surface area contributed by atoms with Gasteiger partial charge in [-0.3, -0.25) is 24.0 Å². The standard InChI is InChI=1S/C39H41ClN4O11/c1-5-24-16-41-39-33(24)34(40)29(17-42-39)25-8-6-10-27(14-25)44-13-12-43(18-31(44)48)32(49)20-52-28-11-7-9-26(15-28)36-38(54-23(4)47)37(53-22(3)46)35(50)30(55-36)19-51-21(2)45/h6-11,14-17,30,35-38,50H,5,12-13,18-20H2,1-4H3,(H,41,42)/t30-,35-,36+,37+,38+/m1/s1. The smallest absolute Gasteiger partial charge is 0.303 e. The summed E-state index contributed by atoms with van der Waals surface area (Å²) in [6.07, 6.45) is -1.98. The number of aromatic nitrogens is 2. The van der Waals surface area contributed by atoms with Gasteiger partial charge in [-0.1, -0.05) is 42.8 Å². The van der Waals surface area contributed by atoms with Crippen LogP contribution in [0.4, 0.5) is 5.69 Å². The molecule has 15 nitrogen and oxygen atoms in total. The number of aliphatic hydroxyl groups excluding tert-OH is 1. The number of carbonyl (C=O) groups excluding carboxylic acids is 5. The van der Waals surface area contributed by atoms with E-state index in [1.807, 2.05) is 37.4 Å². The van der Waals surface area contributed by atoms with Crippen molar-refractivity contribution in [1.29, 1.82) is 0 Å². The second kappa shape index (κ2) is 16.9. The third kappa shape index (κ3) is 8.74. The van der Waals surface area contributed by atoms with E-state index in [0.717, 1.165) is 42.3 Å². The number of halogens is 1. The second-order valence-corrected chi connectivity index (χ2v) is 13.6. The molecule has 0 radical (unpaired) electrons. The van der Waals surface area contributed by atoms with Crippen molar-refractivity contribution in [3.63, 3.8) is 0 Å². The van der Waals surface area contributed by atoms with Crippen LogP contribution in [0.1, 0.15) is 44.9 Å². The molecule has 2 N–H and O–H groups in total. The zero-order valence-corrected chi connectivity index (χ0v) is 31.4. The van der Waals surface area contributed by atoms with E-state index >= 15 is 0 Å². The summed E-state index contributed by atoms with van der Waals surface area (Å²) in [4.78, 5) is 73.1.